The molecule has 2 rings (SSSR count). The molecule has 0 aliphatic heterocycles. The van der Waals surface area contributed by atoms with Crippen molar-refractivity contribution >= 4 is 23.3 Å². The third-order valence-corrected chi connectivity index (χ3v) is 6.56. The Morgan fingerprint density at radius 1 is 1.23 bits per heavy atom. The number of carbonyl (C=O) groups excluding carboxylic acids is 2. The second kappa shape index (κ2) is 9.03. The Morgan fingerprint density at radius 2 is 1.92 bits per heavy atom. The van der Waals surface area contributed by atoms with Crippen molar-refractivity contribution in [3.8, 4) is 0 Å². The first-order valence-electron chi connectivity index (χ1n) is 9.80. The normalized spacial score (nSPS) is 18.2. The Kier molecular flexibility index (Phi) is 7.27. The standard InChI is InChI=1S/C21H32O4S/c1-5-16(24-19(23)20(3,4)6-2)15-18(22)25-21(12-8-7-9-13-21)17-11-10-14-26-17/h10-11,14,16H,5-9,12-13,15H2,1-4H3. The number of hydrogen-bond donors (Lipinski definition) is 0. The van der Waals surface area contributed by atoms with E-state index in [0.29, 0.717) is 12.8 Å². The third kappa shape index (κ3) is 5.09. The van der Waals surface area contributed by atoms with Crippen LogP contribution in [-0.4, -0.2) is 18.0 Å². The molecule has 1 atom stereocenters. The van der Waals surface area contributed by atoms with Crippen molar-refractivity contribution in [2.75, 3.05) is 0 Å². The lowest BCUT2D eigenvalue weighted by Gasteiger charge is -2.36. The number of carbonyl (C=O) groups is 2. The fraction of sp³-hybridized carbons (Fsp3) is 0.714. The topological polar surface area (TPSA) is 52.6 Å². The van der Waals surface area contributed by atoms with Gasteiger partial charge in [-0.1, -0.05) is 26.3 Å². The Balaban J connectivity index is 2.01. The first kappa shape index (κ1) is 20.9. The summed E-state index contributed by atoms with van der Waals surface area (Å²) in [4.78, 5) is 26.1. The summed E-state index contributed by atoms with van der Waals surface area (Å²) in [6.45, 7) is 7.63. The summed E-state index contributed by atoms with van der Waals surface area (Å²) in [5.74, 6) is -0.514. The summed E-state index contributed by atoms with van der Waals surface area (Å²) in [5.41, 5.74) is -1.02. The van der Waals surface area contributed by atoms with Crippen LogP contribution in [0.25, 0.3) is 0 Å². The van der Waals surface area contributed by atoms with Gasteiger partial charge in [0, 0.05) is 4.88 Å². The van der Waals surface area contributed by atoms with Gasteiger partial charge in [-0.2, -0.15) is 0 Å². The van der Waals surface area contributed by atoms with E-state index in [9.17, 15) is 9.59 Å². The van der Waals surface area contributed by atoms with E-state index in [-0.39, 0.29) is 18.4 Å². The predicted octanol–water partition coefficient (Wildman–Crippen LogP) is 5.60. The minimum absolute atomic E-state index is 0.120. The van der Waals surface area contributed by atoms with Crippen LogP contribution in [0.15, 0.2) is 17.5 Å². The van der Waals surface area contributed by atoms with Crippen molar-refractivity contribution in [1.82, 2.24) is 0 Å². The molecule has 0 bridgehead atoms. The van der Waals surface area contributed by atoms with Gasteiger partial charge in [-0.3, -0.25) is 9.59 Å². The molecule has 1 fully saturated rings. The summed E-state index contributed by atoms with van der Waals surface area (Å²) in [6, 6.07) is 4.07. The first-order chi connectivity index (χ1) is 12.3. The lowest BCUT2D eigenvalue weighted by atomic mass is 9.83. The molecule has 1 saturated carbocycles. The largest absolute Gasteiger partial charge is 0.461 e. The van der Waals surface area contributed by atoms with Gasteiger partial charge in [0.1, 0.15) is 11.7 Å². The van der Waals surface area contributed by atoms with E-state index in [0.717, 1.165) is 30.6 Å². The van der Waals surface area contributed by atoms with Gasteiger partial charge in [0.15, 0.2) is 0 Å². The van der Waals surface area contributed by atoms with Crippen LogP contribution in [0.3, 0.4) is 0 Å². The van der Waals surface area contributed by atoms with E-state index in [1.165, 1.54) is 6.42 Å². The molecule has 0 amide bonds. The zero-order valence-corrected chi connectivity index (χ0v) is 17.3. The highest BCUT2D eigenvalue weighted by molar-refractivity contribution is 7.10. The zero-order valence-electron chi connectivity index (χ0n) is 16.5. The van der Waals surface area contributed by atoms with E-state index in [2.05, 4.69) is 6.07 Å². The van der Waals surface area contributed by atoms with Crippen LogP contribution in [0, 0.1) is 5.41 Å². The summed E-state index contributed by atoms with van der Waals surface area (Å²) in [6.07, 6.45) is 6.08. The van der Waals surface area contributed by atoms with Gasteiger partial charge in [-0.15, -0.1) is 11.3 Å². The van der Waals surface area contributed by atoms with Gasteiger partial charge < -0.3 is 9.47 Å². The van der Waals surface area contributed by atoms with E-state index in [1.54, 1.807) is 11.3 Å². The summed E-state index contributed by atoms with van der Waals surface area (Å²) >= 11 is 1.65. The molecule has 1 aliphatic rings. The molecule has 0 N–H and O–H groups in total. The van der Waals surface area contributed by atoms with E-state index < -0.39 is 17.1 Å². The number of ether oxygens (including phenoxy) is 2. The lowest BCUT2D eigenvalue weighted by molar-refractivity contribution is -0.172. The van der Waals surface area contributed by atoms with Crippen molar-refractivity contribution in [1.29, 1.82) is 0 Å². The molecule has 0 spiro atoms. The van der Waals surface area contributed by atoms with Gasteiger partial charge >= 0.3 is 11.9 Å². The molecule has 5 heteroatoms. The minimum Gasteiger partial charge on any atom is -0.461 e. The van der Waals surface area contributed by atoms with Gasteiger partial charge in [-0.25, -0.2) is 0 Å². The Bertz CT molecular complexity index is 585. The Morgan fingerprint density at radius 3 is 2.46 bits per heavy atom. The quantitative estimate of drug-likeness (QED) is 0.551. The molecule has 4 nitrogen and oxygen atoms in total. The number of esters is 2. The number of thiophene rings is 1. The zero-order chi connectivity index (χ0) is 19.2. The van der Waals surface area contributed by atoms with Crippen molar-refractivity contribution in [2.24, 2.45) is 5.41 Å². The van der Waals surface area contributed by atoms with Crippen LogP contribution in [0.4, 0.5) is 0 Å². The first-order valence-corrected chi connectivity index (χ1v) is 10.7. The monoisotopic (exact) mass is 380 g/mol. The highest BCUT2D eigenvalue weighted by Gasteiger charge is 2.39. The number of hydrogen-bond acceptors (Lipinski definition) is 5. The fourth-order valence-corrected chi connectivity index (χ4v) is 4.15. The summed E-state index contributed by atoms with van der Waals surface area (Å²) in [7, 11) is 0. The van der Waals surface area contributed by atoms with Crippen molar-refractivity contribution in [3.05, 3.63) is 22.4 Å². The van der Waals surface area contributed by atoms with Gasteiger partial charge in [-0.05, 0) is 63.8 Å². The highest BCUT2D eigenvalue weighted by atomic mass is 32.1. The second-order valence-corrected chi connectivity index (χ2v) is 8.83. The molecule has 0 aromatic carbocycles. The van der Waals surface area contributed by atoms with Crippen molar-refractivity contribution in [2.45, 2.75) is 90.8 Å². The maximum absolute atomic E-state index is 12.7. The van der Waals surface area contributed by atoms with Crippen molar-refractivity contribution in [3.63, 3.8) is 0 Å². The minimum atomic E-state index is -0.529. The van der Waals surface area contributed by atoms with Crippen LogP contribution in [-0.2, 0) is 24.7 Å². The molecule has 0 radical (unpaired) electrons. The molecule has 1 heterocycles. The molecule has 1 aromatic heterocycles. The summed E-state index contributed by atoms with van der Waals surface area (Å²) < 4.78 is 11.6. The second-order valence-electron chi connectivity index (χ2n) is 7.88. The lowest BCUT2D eigenvalue weighted by Crippen LogP contribution is -2.36. The molecule has 1 aromatic rings. The summed E-state index contributed by atoms with van der Waals surface area (Å²) in [5, 5.41) is 2.03. The Hall–Kier alpha value is -1.36. The maximum atomic E-state index is 12.7. The van der Waals surface area contributed by atoms with Gasteiger partial charge in [0.05, 0.1) is 11.8 Å². The van der Waals surface area contributed by atoms with Crippen LogP contribution >= 0.6 is 11.3 Å². The smallest absolute Gasteiger partial charge is 0.311 e. The fourth-order valence-electron chi connectivity index (χ4n) is 3.23. The van der Waals surface area contributed by atoms with Crippen LogP contribution in [0.5, 0.6) is 0 Å². The maximum Gasteiger partial charge on any atom is 0.311 e. The third-order valence-electron chi connectivity index (χ3n) is 5.50. The molecular formula is C21H32O4S. The van der Waals surface area contributed by atoms with Crippen LogP contribution in [0.1, 0.15) is 83.9 Å². The van der Waals surface area contributed by atoms with Crippen molar-refractivity contribution < 1.29 is 19.1 Å². The Labute approximate surface area is 161 Å². The van der Waals surface area contributed by atoms with E-state index >= 15 is 0 Å². The predicted molar refractivity (Wildman–Crippen MR) is 104 cm³/mol. The molecule has 1 aliphatic carbocycles. The molecule has 146 valence electrons. The average Bonchev–Trinajstić information content (AvgIpc) is 3.17. The SMILES string of the molecule is CCC(CC(=O)OC1(c2cccs2)CCCCC1)OC(=O)C(C)(C)CC. The van der Waals surface area contributed by atoms with Crippen LogP contribution < -0.4 is 0 Å². The van der Waals surface area contributed by atoms with Crippen LogP contribution in [0.2, 0.25) is 0 Å². The van der Waals surface area contributed by atoms with Gasteiger partial charge in [0.25, 0.3) is 0 Å². The molecule has 1 unspecified atom stereocenters. The average molecular weight is 381 g/mol. The molecular weight excluding hydrogens is 348 g/mol. The van der Waals surface area contributed by atoms with E-state index in [1.807, 2.05) is 39.1 Å². The van der Waals surface area contributed by atoms with Gasteiger partial charge in [0.2, 0.25) is 0 Å². The molecule has 26 heavy (non-hydrogen) atoms. The molecule has 0 saturated heterocycles. The number of rotatable bonds is 8. The highest BCUT2D eigenvalue weighted by Crippen LogP contribution is 2.43. The van der Waals surface area contributed by atoms with E-state index in [4.69, 9.17) is 9.47 Å².